The zero-order valence-corrected chi connectivity index (χ0v) is 20.1. The van der Waals surface area contributed by atoms with Crippen LogP contribution < -0.4 is 14.8 Å². The minimum Gasteiger partial charge on any atom is -0.502 e. The fourth-order valence-corrected chi connectivity index (χ4v) is 4.68. The van der Waals surface area contributed by atoms with Crippen LogP contribution in [-0.4, -0.2) is 44.0 Å². The van der Waals surface area contributed by atoms with Crippen LogP contribution in [0.15, 0.2) is 40.9 Å². The Labute approximate surface area is 199 Å². The third-order valence-electron chi connectivity index (χ3n) is 5.70. The molecule has 1 unspecified atom stereocenters. The van der Waals surface area contributed by atoms with Gasteiger partial charge in [-0.3, -0.25) is 0 Å². The number of nitrogens with one attached hydrogen (secondary N) is 2. The maximum atomic E-state index is 11.7. The molecule has 0 aliphatic heterocycles. The number of aromatic nitrogens is 2. The first kappa shape index (κ1) is 23.9. The largest absolute Gasteiger partial charge is 0.502 e. The normalized spacial score (nSPS) is 15.3. The van der Waals surface area contributed by atoms with E-state index in [9.17, 15) is 8.42 Å². The van der Waals surface area contributed by atoms with Gasteiger partial charge in [0.2, 0.25) is 21.5 Å². The highest BCUT2D eigenvalue weighted by Crippen LogP contribution is 2.38. The molecule has 1 aliphatic carbocycles. The lowest BCUT2D eigenvalue weighted by molar-refractivity contribution is 0.244. The Kier molecular flexibility index (Phi) is 6.97. The molecule has 0 saturated carbocycles. The molecule has 3 aromatic rings. The molecule has 1 heterocycles. The molecule has 0 saturated heterocycles. The molecule has 34 heavy (non-hydrogen) atoms. The van der Waals surface area contributed by atoms with Crippen LogP contribution in [0, 0.1) is 6.57 Å². The number of hydrogen-bond acceptors (Lipinski definition) is 7. The van der Waals surface area contributed by atoms with Gasteiger partial charge in [-0.05, 0) is 63.1 Å². The molecule has 0 fully saturated rings. The van der Waals surface area contributed by atoms with Crippen molar-refractivity contribution in [3.8, 4) is 28.6 Å². The van der Waals surface area contributed by atoms with Crippen molar-refractivity contribution in [2.45, 2.75) is 38.8 Å². The molecule has 0 spiro atoms. The van der Waals surface area contributed by atoms with Gasteiger partial charge in [-0.25, -0.2) is 18.0 Å². The molecule has 2 N–H and O–H groups in total. The van der Waals surface area contributed by atoms with Crippen molar-refractivity contribution in [1.29, 1.82) is 0 Å². The van der Waals surface area contributed by atoms with Gasteiger partial charge in [-0.2, -0.15) is 4.98 Å². The van der Waals surface area contributed by atoms with E-state index in [1.807, 2.05) is 32.0 Å². The van der Waals surface area contributed by atoms with Crippen LogP contribution in [0.2, 0.25) is 0 Å². The fraction of sp³-hybridized carbons (Fsp3) is 0.375. The minimum atomic E-state index is -3.25. The van der Waals surface area contributed by atoms with Gasteiger partial charge in [0.15, 0.2) is 0 Å². The van der Waals surface area contributed by atoms with Crippen molar-refractivity contribution in [1.82, 2.24) is 20.2 Å². The summed E-state index contributed by atoms with van der Waals surface area (Å²) >= 11 is 0. The smallest absolute Gasteiger partial charge is 0.256 e. The lowest BCUT2D eigenvalue weighted by Crippen LogP contribution is -2.31. The molecule has 10 heteroatoms. The van der Waals surface area contributed by atoms with Crippen LogP contribution in [-0.2, 0) is 16.4 Å². The van der Waals surface area contributed by atoms with E-state index in [0.29, 0.717) is 35.3 Å². The summed E-state index contributed by atoms with van der Waals surface area (Å²) in [5, 5.41) is 7.54. The molecule has 178 valence electrons. The summed E-state index contributed by atoms with van der Waals surface area (Å²) in [4.78, 5) is 8.16. The van der Waals surface area contributed by atoms with Crippen molar-refractivity contribution in [3.63, 3.8) is 0 Å². The molecule has 4 rings (SSSR count). The average Bonchev–Trinajstić information content (AvgIpc) is 3.47. The predicted octanol–water partition coefficient (Wildman–Crippen LogP) is 3.87. The quantitative estimate of drug-likeness (QED) is 0.446. The average molecular weight is 482 g/mol. The maximum absolute atomic E-state index is 11.7. The lowest BCUT2D eigenvalue weighted by Gasteiger charge is -2.14. The van der Waals surface area contributed by atoms with Crippen LogP contribution in [0.25, 0.3) is 27.7 Å². The highest BCUT2D eigenvalue weighted by Gasteiger charge is 2.26. The van der Waals surface area contributed by atoms with Crippen molar-refractivity contribution >= 4 is 15.7 Å². The topological polar surface area (TPSA) is 111 Å². The van der Waals surface area contributed by atoms with Crippen LogP contribution in [0.1, 0.15) is 37.4 Å². The van der Waals surface area contributed by atoms with Gasteiger partial charge in [0.1, 0.15) is 5.75 Å². The van der Waals surface area contributed by atoms with Gasteiger partial charge in [-0.1, -0.05) is 23.4 Å². The Hall–Kier alpha value is -3.26. The molecular weight excluding hydrogens is 454 g/mol. The van der Waals surface area contributed by atoms with Crippen molar-refractivity contribution in [2.75, 3.05) is 19.3 Å². The Morgan fingerprint density at radius 1 is 1.29 bits per heavy atom. The molecule has 2 aromatic carbocycles. The van der Waals surface area contributed by atoms with E-state index in [2.05, 4.69) is 25.0 Å². The van der Waals surface area contributed by atoms with Crippen LogP contribution in [0.5, 0.6) is 5.75 Å². The second-order valence-corrected chi connectivity index (χ2v) is 10.4. The first-order valence-electron chi connectivity index (χ1n) is 11.1. The summed E-state index contributed by atoms with van der Waals surface area (Å²) < 4.78 is 36.9. The van der Waals surface area contributed by atoms with Gasteiger partial charge < -0.3 is 14.6 Å². The summed E-state index contributed by atoms with van der Waals surface area (Å²) in [5.74, 6) is 1.36. The zero-order valence-electron chi connectivity index (χ0n) is 19.3. The molecule has 0 radical (unpaired) electrons. The summed E-state index contributed by atoms with van der Waals surface area (Å²) in [7, 11) is -1.83. The highest BCUT2D eigenvalue weighted by molar-refractivity contribution is 7.89. The predicted molar refractivity (Wildman–Crippen MR) is 129 cm³/mol. The number of hydrogen-bond donors (Lipinski definition) is 2. The van der Waals surface area contributed by atoms with E-state index >= 15 is 0 Å². The Morgan fingerprint density at radius 2 is 2.12 bits per heavy atom. The van der Waals surface area contributed by atoms with Crippen molar-refractivity contribution in [2.24, 2.45) is 0 Å². The summed E-state index contributed by atoms with van der Waals surface area (Å²) in [5.41, 5.74) is 4.19. The summed E-state index contributed by atoms with van der Waals surface area (Å²) in [6, 6.07) is 11.3. The van der Waals surface area contributed by atoms with Gasteiger partial charge in [0, 0.05) is 23.7 Å². The second kappa shape index (κ2) is 9.93. The Bertz CT molecular complexity index is 1330. The van der Waals surface area contributed by atoms with Crippen molar-refractivity contribution < 1.29 is 17.7 Å². The molecule has 0 bridgehead atoms. The minimum absolute atomic E-state index is 0.0246. The van der Waals surface area contributed by atoms with Crippen molar-refractivity contribution in [3.05, 3.63) is 58.9 Å². The molecule has 1 atom stereocenters. The van der Waals surface area contributed by atoms with Crippen LogP contribution >= 0.6 is 0 Å². The lowest BCUT2D eigenvalue weighted by atomic mass is 10.0. The van der Waals surface area contributed by atoms with Gasteiger partial charge in [0.05, 0.1) is 18.4 Å². The van der Waals surface area contributed by atoms with E-state index in [1.54, 1.807) is 18.2 Å². The van der Waals surface area contributed by atoms with Crippen LogP contribution in [0.4, 0.5) is 5.69 Å². The Morgan fingerprint density at radius 3 is 2.85 bits per heavy atom. The molecule has 1 aliphatic rings. The third-order valence-corrected chi connectivity index (χ3v) is 7.06. The van der Waals surface area contributed by atoms with E-state index in [-0.39, 0.29) is 17.9 Å². The monoisotopic (exact) mass is 481 g/mol. The number of rotatable bonds is 9. The van der Waals surface area contributed by atoms with E-state index in [1.165, 1.54) is 7.05 Å². The van der Waals surface area contributed by atoms with E-state index in [0.717, 1.165) is 29.5 Å². The second-order valence-electron chi connectivity index (χ2n) is 8.33. The first-order valence-corrected chi connectivity index (χ1v) is 12.8. The SMILES string of the molecule is [C-]#[N+]c1cc(-c2nc(-c3cccc4c3CCC4NCCS(=O)(=O)NC)no2)ccc1OC(C)C. The van der Waals surface area contributed by atoms with Gasteiger partial charge in [-0.15, -0.1) is 0 Å². The number of fused-ring (bicyclic) bond motifs is 1. The number of sulfonamides is 1. The molecule has 1 aromatic heterocycles. The number of benzene rings is 2. The summed E-state index contributed by atoms with van der Waals surface area (Å²) in [6.07, 6.45) is 1.66. The van der Waals surface area contributed by atoms with E-state index < -0.39 is 10.0 Å². The molecular formula is C24H27N5O4S. The highest BCUT2D eigenvalue weighted by atomic mass is 32.2. The maximum Gasteiger partial charge on any atom is 0.256 e. The van der Waals surface area contributed by atoms with E-state index in [4.69, 9.17) is 15.8 Å². The fourth-order valence-electron chi connectivity index (χ4n) is 4.09. The van der Waals surface area contributed by atoms with Gasteiger partial charge >= 0.3 is 0 Å². The number of ether oxygens (including phenoxy) is 1. The zero-order chi connectivity index (χ0) is 24.3. The molecule has 9 nitrogen and oxygen atoms in total. The first-order chi connectivity index (χ1) is 16.3. The van der Waals surface area contributed by atoms with Gasteiger partial charge in [0.25, 0.3) is 5.89 Å². The standard InChI is InChI=1S/C24H27N5O4S/c1-15(2)32-22-11-8-16(14-21(22)25-3)24-28-23(29-33-24)19-7-5-6-18-17(19)9-10-20(18)27-12-13-34(30,31)26-4/h5-8,11,14-15,20,26-27H,9-10,12-13H2,1-2,4H3. The van der Waals surface area contributed by atoms with Crippen LogP contribution in [0.3, 0.4) is 0 Å². The number of nitrogens with zero attached hydrogens (tertiary/aromatic N) is 3. The summed E-state index contributed by atoms with van der Waals surface area (Å²) in [6.45, 7) is 11.6. The third kappa shape index (κ3) is 5.12. The Balaban J connectivity index is 1.55. The molecule has 0 amide bonds.